The fourth-order valence-corrected chi connectivity index (χ4v) is 4.83. The molecule has 156 valence electrons. The van der Waals surface area contributed by atoms with E-state index in [1.807, 2.05) is 4.90 Å². The zero-order valence-electron chi connectivity index (χ0n) is 16.6. The number of carbonyl (C=O) groups is 1. The van der Waals surface area contributed by atoms with Gasteiger partial charge in [0.25, 0.3) is 0 Å². The van der Waals surface area contributed by atoms with E-state index in [1.165, 1.54) is 32.0 Å². The predicted molar refractivity (Wildman–Crippen MR) is 118 cm³/mol. The molecule has 8 heteroatoms. The number of benzene rings is 1. The van der Waals surface area contributed by atoms with Gasteiger partial charge in [0.1, 0.15) is 12.1 Å². The lowest BCUT2D eigenvalue weighted by Gasteiger charge is -2.30. The number of amides is 1. The highest BCUT2D eigenvalue weighted by molar-refractivity contribution is 6.42. The number of hydrogen-bond acceptors (Lipinski definition) is 5. The standard InChI is InChI=1S/C21H27Cl2N5O/c1-13-3-2-4-14(7-13)27-15-5-6-28(11-15)20(29)10-24-21-16-8-17(22)18(23)9-19(16)25-12-26-21/h8-9,12-15,27H,2-7,10-11H2,1H3,(H,24,25,26)/t13?,14?,15-/m1/s1. The summed E-state index contributed by atoms with van der Waals surface area (Å²) in [6, 6.07) is 4.43. The molecule has 2 unspecified atom stereocenters. The summed E-state index contributed by atoms with van der Waals surface area (Å²) in [6.07, 6.45) is 7.62. The first-order chi connectivity index (χ1) is 14.0. The molecule has 1 saturated heterocycles. The summed E-state index contributed by atoms with van der Waals surface area (Å²) in [7, 11) is 0. The van der Waals surface area contributed by atoms with Gasteiger partial charge in [0.2, 0.25) is 5.91 Å². The van der Waals surface area contributed by atoms with E-state index < -0.39 is 0 Å². The molecule has 0 radical (unpaired) electrons. The quantitative estimate of drug-likeness (QED) is 0.738. The van der Waals surface area contributed by atoms with Crippen molar-refractivity contribution in [2.45, 2.75) is 51.1 Å². The number of nitrogens with one attached hydrogen (secondary N) is 2. The molecule has 2 aromatic rings. The van der Waals surface area contributed by atoms with Crippen molar-refractivity contribution in [3.05, 3.63) is 28.5 Å². The van der Waals surface area contributed by atoms with Gasteiger partial charge in [-0.25, -0.2) is 9.97 Å². The fourth-order valence-electron chi connectivity index (χ4n) is 4.50. The molecule has 29 heavy (non-hydrogen) atoms. The van der Waals surface area contributed by atoms with Gasteiger partial charge in [-0.2, -0.15) is 0 Å². The van der Waals surface area contributed by atoms with Gasteiger partial charge in [-0.15, -0.1) is 0 Å². The molecule has 2 aliphatic rings. The molecule has 2 fully saturated rings. The van der Waals surface area contributed by atoms with E-state index in [9.17, 15) is 4.79 Å². The van der Waals surface area contributed by atoms with Crippen LogP contribution in [0.3, 0.4) is 0 Å². The number of likely N-dealkylation sites (tertiary alicyclic amines) is 1. The minimum atomic E-state index is 0.0816. The van der Waals surface area contributed by atoms with Crippen LogP contribution in [0.5, 0.6) is 0 Å². The fraction of sp³-hybridized carbons (Fsp3) is 0.571. The molecule has 1 aromatic carbocycles. The van der Waals surface area contributed by atoms with Gasteiger partial charge < -0.3 is 15.5 Å². The molecule has 2 heterocycles. The molecule has 1 aliphatic heterocycles. The van der Waals surface area contributed by atoms with Gasteiger partial charge in [0.15, 0.2) is 0 Å². The van der Waals surface area contributed by atoms with Crippen LogP contribution < -0.4 is 10.6 Å². The molecule has 1 aromatic heterocycles. The van der Waals surface area contributed by atoms with Crippen LogP contribution in [0.1, 0.15) is 39.0 Å². The van der Waals surface area contributed by atoms with Crippen LogP contribution in [0.25, 0.3) is 10.9 Å². The minimum absolute atomic E-state index is 0.0816. The van der Waals surface area contributed by atoms with E-state index in [2.05, 4.69) is 27.5 Å². The first kappa shape index (κ1) is 20.6. The van der Waals surface area contributed by atoms with Crippen LogP contribution in [0, 0.1) is 5.92 Å². The molecule has 6 nitrogen and oxygen atoms in total. The Kier molecular flexibility index (Phi) is 6.42. The van der Waals surface area contributed by atoms with Crippen LogP contribution in [0.4, 0.5) is 5.82 Å². The van der Waals surface area contributed by atoms with E-state index >= 15 is 0 Å². The Hall–Kier alpha value is -1.63. The Labute approximate surface area is 181 Å². The zero-order valence-corrected chi connectivity index (χ0v) is 18.1. The van der Waals surface area contributed by atoms with Gasteiger partial charge >= 0.3 is 0 Å². The summed E-state index contributed by atoms with van der Waals surface area (Å²) >= 11 is 12.2. The van der Waals surface area contributed by atoms with Crippen molar-refractivity contribution in [2.24, 2.45) is 5.92 Å². The first-order valence-electron chi connectivity index (χ1n) is 10.4. The second kappa shape index (κ2) is 9.02. The number of hydrogen-bond donors (Lipinski definition) is 2. The summed E-state index contributed by atoms with van der Waals surface area (Å²) in [4.78, 5) is 23.1. The molecule has 0 bridgehead atoms. The number of anilines is 1. The van der Waals surface area contributed by atoms with Crippen molar-refractivity contribution in [3.63, 3.8) is 0 Å². The molecule has 1 amide bonds. The van der Waals surface area contributed by atoms with E-state index in [1.54, 1.807) is 12.1 Å². The van der Waals surface area contributed by atoms with Crippen LogP contribution >= 0.6 is 23.2 Å². The van der Waals surface area contributed by atoms with E-state index in [0.717, 1.165) is 30.8 Å². The number of rotatable bonds is 5. The van der Waals surface area contributed by atoms with Crippen molar-refractivity contribution in [1.29, 1.82) is 0 Å². The highest BCUT2D eigenvalue weighted by atomic mass is 35.5. The summed E-state index contributed by atoms with van der Waals surface area (Å²) in [6.45, 7) is 4.10. The summed E-state index contributed by atoms with van der Waals surface area (Å²) in [5, 5.41) is 8.57. The maximum Gasteiger partial charge on any atom is 0.241 e. The topological polar surface area (TPSA) is 70.2 Å². The Bertz CT molecular complexity index is 893. The highest BCUT2D eigenvalue weighted by Gasteiger charge is 2.29. The van der Waals surface area contributed by atoms with Gasteiger partial charge in [0, 0.05) is 30.6 Å². The molecule has 2 N–H and O–H groups in total. The Morgan fingerprint density at radius 1 is 1.17 bits per heavy atom. The Morgan fingerprint density at radius 3 is 2.83 bits per heavy atom. The number of aromatic nitrogens is 2. The molecule has 3 atom stereocenters. The monoisotopic (exact) mass is 435 g/mol. The number of nitrogens with zero attached hydrogens (tertiary/aromatic N) is 3. The Balaban J connectivity index is 1.32. The van der Waals surface area contributed by atoms with E-state index in [4.69, 9.17) is 23.2 Å². The van der Waals surface area contributed by atoms with Crippen LogP contribution in [0.2, 0.25) is 10.0 Å². The Morgan fingerprint density at radius 2 is 2.00 bits per heavy atom. The number of halogens is 2. The lowest BCUT2D eigenvalue weighted by molar-refractivity contribution is -0.128. The summed E-state index contributed by atoms with van der Waals surface area (Å²) in [5.41, 5.74) is 0.691. The number of carbonyl (C=O) groups excluding carboxylic acids is 1. The average Bonchev–Trinajstić information content (AvgIpc) is 3.16. The summed E-state index contributed by atoms with van der Waals surface area (Å²) < 4.78 is 0. The smallest absolute Gasteiger partial charge is 0.241 e. The summed E-state index contributed by atoms with van der Waals surface area (Å²) in [5.74, 6) is 1.47. The third kappa shape index (κ3) is 4.93. The molecular formula is C21H27Cl2N5O. The third-order valence-electron chi connectivity index (χ3n) is 6.03. The van der Waals surface area contributed by atoms with Crippen molar-refractivity contribution < 1.29 is 4.79 Å². The molecule has 4 rings (SSSR count). The van der Waals surface area contributed by atoms with E-state index in [0.29, 0.717) is 33.5 Å². The zero-order chi connectivity index (χ0) is 20.4. The second-order valence-corrected chi connectivity index (χ2v) is 9.13. The SMILES string of the molecule is CC1CCCC(N[C@@H]2CCN(C(=O)CNc3ncnc4cc(Cl)c(Cl)cc34)C2)C1. The number of fused-ring (bicyclic) bond motifs is 1. The van der Waals surface area contributed by atoms with E-state index in [-0.39, 0.29) is 12.5 Å². The minimum Gasteiger partial charge on any atom is -0.360 e. The maximum absolute atomic E-state index is 12.7. The second-order valence-electron chi connectivity index (χ2n) is 8.32. The van der Waals surface area contributed by atoms with Gasteiger partial charge in [-0.1, -0.05) is 43.0 Å². The molecule has 1 aliphatic carbocycles. The largest absolute Gasteiger partial charge is 0.360 e. The van der Waals surface area contributed by atoms with Crippen molar-refractivity contribution in [1.82, 2.24) is 20.2 Å². The normalized spacial score (nSPS) is 24.8. The first-order valence-corrected chi connectivity index (χ1v) is 11.1. The van der Waals surface area contributed by atoms with Gasteiger partial charge in [-0.3, -0.25) is 4.79 Å². The molecule has 1 saturated carbocycles. The van der Waals surface area contributed by atoms with Crippen molar-refractivity contribution >= 4 is 45.8 Å². The van der Waals surface area contributed by atoms with Crippen molar-refractivity contribution in [2.75, 3.05) is 25.0 Å². The average molecular weight is 436 g/mol. The predicted octanol–water partition coefficient (Wildman–Crippen LogP) is 4.12. The maximum atomic E-state index is 12.7. The molecule has 0 spiro atoms. The third-order valence-corrected chi connectivity index (χ3v) is 6.76. The molecular weight excluding hydrogens is 409 g/mol. The van der Waals surface area contributed by atoms with Crippen molar-refractivity contribution in [3.8, 4) is 0 Å². The van der Waals surface area contributed by atoms with Gasteiger partial charge in [-0.05, 0) is 37.3 Å². The van der Waals surface area contributed by atoms with Crippen LogP contribution in [0.15, 0.2) is 18.5 Å². The van der Waals surface area contributed by atoms with Crippen LogP contribution in [-0.2, 0) is 4.79 Å². The van der Waals surface area contributed by atoms with Gasteiger partial charge in [0.05, 0.1) is 22.1 Å². The lowest BCUT2D eigenvalue weighted by atomic mass is 9.87. The lowest BCUT2D eigenvalue weighted by Crippen LogP contribution is -2.43. The highest BCUT2D eigenvalue weighted by Crippen LogP contribution is 2.29. The van der Waals surface area contributed by atoms with Crippen LogP contribution in [-0.4, -0.2) is 52.5 Å².